The summed E-state index contributed by atoms with van der Waals surface area (Å²) < 4.78 is 0. The summed E-state index contributed by atoms with van der Waals surface area (Å²) in [6.45, 7) is 3.41. The van der Waals surface area contributed by atoms with E-state index in [0.717, 1.165) is 24.9 Å². The van der Waals surface area contributed by atoms with Crippen LogP contribution in [0.15, 0.2) is 30.3 Å². The summed E-state index contributed by atoms with van der Waals surface area (Å²) >= 11 is 0. The maximum absolute atomic E-state index is 3.77. The molecule has 2 nitrogen and oxygen atoms in total. The topological polar surface area (TPSA) is 24.1 Å². The second-order valence-corrected chi connectivity index (χ2v) is 5.75. The van der Waals surface area contributed by atoms with E-state index in [2.05, 4.69) is 41.0 Å². The standard InChI is InChI=1S/C16H24N2/c1-2-6-13(7-3-1)16-15-9-5-4-8-14(15)12-17-10-11-18-16/h1-3,6-7,14-18H,4-5,8-12H2. The third-order valence-electron chi connectivity index (χ3n) is 4.63. The lowest BCUT2D eigenvalue weighted by Crippen LogP contribution is -2.44. The Hall–Kier alpha value is -0.860. The molecule has 0 bridgehead atoms. The molecule has 1 heterocycles. The normalized spacial score (nSPS) is 33.2. The van der Waals surface area contributed by atoms with Crippen LogP contribution in [0.2, 0.25) is 0 Å². The van der Waals surface area contributed by atoms with Gasteiger partial charge in [-0.25, -0.2) is 0 Å². The van der Waals surface area contributed by atoms with E-state index in [0.29, 0.717) is 6.04 Å². The Morgan fingerprint density at radius 3 is 2.67 bits per heavy atom. The summed E-state index contributed by atoms with van der Waals surface area (Å²) in [5, 5.41) is 7.37. The largest absolute Gasteiger partial charge is 0.315 e. The monoisotopic (exact) mass is 244 g/mol. The van der Waals surface area contributed by atoms with Crippen molar-refractivity contribution in [2.75, 3.05) is 19.6 Å². The molecule has 2 heteroatoms. The summed E-state index contributed by atoms with van der Waals surface area (Å²) in [5.74, 6) is 1.67. The van der Waals surface area contributed by atoms with Crippen LogP contribution in [-0.4, -0.2) is 19.6 Å². The summed E-state index contributed by atoms with van der Waals surface area (Å²) in [5.41, 5.74) is 1.48. The van der Waals surface area contributed by atoms with E-state index in [1.807, 2.05) is 0 Å². The molecule has 1 aliphatic carbocycles. The molecule has 1 saturated carbocycles. The van der Waals surface area contributed by atoms with E-state index < -0.39 is 0 Å². The zero-order chi connectivity index (χ0) is 12.2. The molecule has 2 fully saturated rings. The van der Waals surface area contributed by atoms with E-state index in [4.69, 9.17) is 0 Å². The Bertz CT molecular complexity index is 363. The average Bonchev–Trinajstić information content (AvgIpc) is 2.41. The number of nitrogens with one attached hydrogen (secondary N) is 2. The summed E-state index contributed by atoms with van der Waals surface area (Å²) in [6, 6.07) is 11.6. The van der Waals surface area contributed by atoms with Crippen LogP contribution >= 0.6 is 0 Å². The van der Waals surface area contributed by atoms with Crippen molar-refractivity contribution in [3.8, 4) is 0 Å². The van der Waals surface area contributed by atoms with Crippen molar-refractivity contribution in [1.29, 1.82) is 0 Å². The number of rotatable bonds is 1. The van der Waals surface area contributed by atoms with Gasteiger partial charge in [-0.3, -0.25) is 0 Å². The Morgan fingerprint density at radius 2 is 1.78 bits per heavy atom. The van der Waals surface area contributed by atoms with Gasteiger partial charge in [-0.2, -0.15) is 0 Å². The molecule has 1 aromatic carbocycles. The van der Waals surface area contributed by atoms with Gasteiger partial charge in [0, 0.05) is 19.1 Å². The van der Waals surface area contributed by atoms with E-state index in [9.17, 15) is 0 Å². The van der Waals surface area contributed by atoms with Crippen LogP contribution in [0.3, 0.4) is 0 Å². The minimum absolute atomic E-state index is 0.568. The third kappa shape index (κ3) is 2.60. The predicted octanol–water partition coefficient (Wildman–Crippen LogP) is 2.73. The highest BCUT2D eigenvalue weighted by atomic mass is 15.0. The first-order valence-corrected chi connectivity index (χ1v) is 7.44. The SMILES string of the molecule is c1ccc(C2NCCNCC3CCCCC32)cc1. The molecule has 0 radical (unpaired) electrons. The van der Waals surface area contributed by atoms with Crippen molar-refractivity contribution in [1.82, 2.24) is 10.6 Å². The van der Waals surface area contributed by atoms with Crippen LogP contribution in [0.5, 0.6) is 0 Å². The second kappa shape index (κ2) is 5.85. The molecule has 3 unspecified atom stereocenters. The molecule has 0 amide bonds. The average molecular weight is 244 g/mol. The number of fused-ring (bicyclic) bond motifs is 1. The smallest absolute Gasteiger partial charge is 0.0352 e. The zero-order valence-corrected chi connectivity index (χ0v) is 11.1. The van der Waals surface area contributed by atoms with Gasteiger partial charge in [-0.1, -0.05) is 43.2 Å². The molecule has 98 valence electrons. The van der Waals surface area contributed by atoms with Crippen LogP contribution < -0.4 is 10.6 Å². The summed E-state index contributed by atoms with van der Waals surface area (Å²) in [6.07, 6.45) is 5.62. The first-order valence-electron chi connectivity index (χ1n) is 7.44. The van der Waals surface area contributed by atoms with Crippen LogP contribution in [0.1, 0.15) is 37.3 Å². The van der Waals surface area contributed by atoms with Crippen LogP contribution in [0.4, 0.5) is 0 Å². The molecule has 1 saturated heterocycles. The van der Waals surface area contributed by atoms with Crippen LogP contribution in [0.25, 0.3) is 0 Å². The Kier molecular flexibility index (Phi) is 3.96. The molecule has 0 aromatic heterocycles. The fraction of sp³-hybridized carbons (Fsp3) is 0.625. The van der Waals surface area contributed by atoms with Gasteiger partial charge in [-0.15, -0.1) is 0 Å². The molecule has 18 heavy (non-hydrogen) atoms. The van der Waals surface area contributed by atoms with E-state index in [-0.39, 0.29) is 0 Å². The second-order valence-electron chi connectivity index (χ2n) is 5.75. The zero-order valence-electron chi connectivity index (χ0n) is 11.1. The molecule has 2 N–H and O–H groups in total. The lowest BCUT2D eigenvalue weighted by Gasteiger charge is -2.40. The summed E-state index contributed by atoms with van der Waals surface area (Å²) in [7, 11) is 0. The lowest BCUT2D eigenvalue weighted by atomic mass is 9.73. The maximum atomic E-state index is 3.77. The van der Waals surface area contributed by atoms with E-state index >= 15 is 0 Å². The highest BCUT2D eigenvalue weighted by Crippen LogP contribution is 2.38. The third-order valence-corrected chi connectivity index (χ3v) is 4.63. The van der Waals surface area contributed by atoms with Gasteiger partial charge in [0.25, 0.3) is 0 Å². The van der Waals surface area contributed by atoms with E-state index in [1.165, 1.54) is 37.8 Å². The first-order chi connectivity index (χ1) is 8.95. The molecule has 3 atom stereocenters. The fourth-order valence-corrected chi connectivity index (χ4v) is 3.71. The Balaban J connectivity index is 1.84. The van der Waals surface area contributed by atoms with Gasteiger partial charge < -0.3 is 10.6 Å². The van der Waals surface area contributed by atoms with Gasteiger partial charge in [0.15, 0.2) is 0 Å². The quantitative estimate of drug-likeness (QED) is 0.794. The van der Waals surface area contributed by atoms with Gasteiger partial charge in [0.05, 0.1) is 0 Å². The number of benzene rings is 1. The number of hydrogen-bond acceptors (Lipinski definition) is 2. The molecule has 3 rings (SSSR count). The molecule has 2 aliphatic rings. The molecule has 0 spiro atoms. The maximum Gasteiger partial charge on any atom is 0.0352 e. The molecular weight excluding hydrogens is 220 g/mol. The predicted molar refractivity (Wildman–Crippen MR) is 75.5 cm³/mol. The van der Waals surface area contributed by atoms with Crippen molar-refractivity contribution in [2.24, 2.45) is 11.8 Å². The number of hydrogen-bond donors (Lipinski definition) is 2. The van der Waals surface area contributed by atoms with Crippen molar-refractivity contribution < 1.29 is 0 Å². The van der Waals surface area contributed by atoms with E-state index in [1.54, 1.807) is 0 Å². The minimum atomic E-state index is 0.568. The summed E-state index contributed by atoms with van der Waals surface area (Å²) in [4.78, 5) is 0. The minimum Gasteiger partial charge on any atom is -0.315 e. The van der Waals surface area contributed by atoms with Crippen LogP contribution in [0, 0.1) is 11.8 Å². The molecule has 1 aliphatic heterocycles. The van der Waals surface area contributed by atoms with Crippen molar-refractivity contribution >= 4 is 0 Å². The lowest BCUT2D eigenvalue weighted by molar-refractivity contribution is 0.165. The fourth-order valence-electron chi connectivity index (χ4n) is 3.71. The highest BCUT2D eigenvalue weighted by molar-refractivity contribution is 5.20. The van der Waals surface area contributed by atoms with Gasteiger partial charge >= 0.3 is 0 Å². The first kappa shape index (κ1) is 12.2. The van der Waals surface area contributed by atoms with Gasteiger partial charge in [0.2, 0.25) is 0 Å². The molecular formula is C16H24N2. The highest BCUT2D eigenvalue weighted by Gasteiger charge is 2.32. The van der Waals surface area contributed by atoms with Crippen molar-refractivity contribution in [3.63, 3.8) is 0 Å². The Morgan fingerprint density at radius 1 is 0.944 bits per heavy atom. The van der Waals surface area contributed by atoms with Crippen molar-refractivity contribution in [3.05, 3.63) is 35.9 Å². The van der Waals surface area contributed by atoms with Gasteiger partial charge in [-0.05, 0) is 36.8 Å². The van der Waals surface area contributed by atoms with Gasteiger partial charge in [0.1, 0.15) is 0 Å². The van der Waals surface area contributed by atoms with Crippen molar-refractivity contribution in [2.45, 2.75) is 31.7 Å². The van der Waals surface area contributed by atoms with Crippen LogP contribution in [-0.2, 0) is 0 Å². The molecule has 1 aromatic rings. The Labute approximate surface area is 110 Å².